The minimum Gasteiger partial charge on any atom is -0.477 e. The van der Waals surface area contributed by atoms with Crippen LogP contribution in [0.25, 0.3) is 0 Å². The van der Waals surface area contributed by atoms with E-state index >= 15 is 0 Å². The molecular weight excluding hydrogens is 1070 g/mol. The van der Waals surface area contributed by atoms with Crippen LogP contribution in [0.5, 0.6) is 0 Å². The largest absolute Gasteiger partial charge is 0.477 e. The fraction of sp³-hybridized carbons (Fsp3) is 0.930. The van der Waals surface area contributed by atoms with Gasteiger partial charge < -0.3 is 160 Å². The molecule has 0 spiro atoms. The summed E-state index contributed by atoms with van der Waals surface area (Å²) >= 11 is 0. The van der Waals surface area contributed by atoms with Crippen molar-refractivity contribution in [3.63, 3.8) is 0 Å². The van der Waals surface area contributed by atoms with E-state index in [1.807, 2.05) is 0 Å². The molecule has 0 radical (unpaired) electrons. The molecule has 0 aliphatic carbocycles. The van der Waals surface area contributed by atoms with Crippen molar-refractivity contribution in [3.05, 3.63) is 0 Å². The van der Waals surface area contributed by atoms with Crippen molar-refractivity contribution in [1.29, 1.82) is 0 Å². The Morgan fingerprint density at radius 1 is 0.538 bits per heavy atom. The molecule has 0 saturated carbocycles. The van der Waals surface area contributed by atoms with E-state index in [2.05, 4.69) is 10.6 Å². The number of aliphatic hydroxyl groups is 18. The van der Waals surface area contributed by atoms with Gasteiger partial charge in [-0.2, -0.15) is 0 Å². The highest BCUT2D eigenvalue weighted by Crippen LogP contribution is 2.38. The van der Waals surface area contributed by atoms with Crippen molar-refractivity contribution >= 4 is 17.8 Å². The Morgan fingerprint density at radius 3 is 1.62 bits per heavy atom. The highest BCUT2D eigenvalue weighted by Gasteiger charge is 2.59. The lowest BCUT2D eigenvalue weighted by atomic mass is 9.88. The Morgan fingerprint density at radius 2 is 1.04 bits per heavy atom. The maximum Gasteiger partial charge on any atom is 0.364 e. The van der Waals surface area contributed by atoms with Gasteiger partial charge in [-0.1, -0.05) is 0 Å². The van der Waals surface area contributed by atoms with Crippen LogP contribution in [-0.2, 0) is 66.5 Å². The average molecular weight is 1150 g/mol. The van der Waals surface area contributed by atoms with Gasteiger partial charge in [-0.25, -0.2) is 4.79 Å². The second-order valence-corrected chi connectivity index (χ2v) is 19.7. The minimum absolute atomic E-state index is 0.789. The van der Waals surface area contributed by atoms with Gasteiger partial charge >= 0.3 is 5.97 Å². The number of hydrogen-bond donors (Lipinski definition) is 21. The van der Waals surface area contributed by atoms with Gasteiger partial charge in [0.15, 0.2) is 31.5 Å². The smallest absolute Gasteiger partial charge is 0.364 e. The van der Waals surface area contributed by atoms with Crippen LogP contribution in [0.15, 0.2) is 0 Å². The molecule has 0 aromatic rings. The van der Waals surface area contributed by atoms with Gasteiger partial charge in [-0.15, -0.1) is 0 Å². The van der Waals surface area contributed by atoms with Crippen LogP contribution < -0.4 is 10.6 Å². The average Bonchev–Trinajstić information content (AvgIpc) is 3.46. The number of nitrogens with one attached hydrogen (secondary N) is 2. The van der Waals surface area contributed by atoms with Gasteiger partial charge in [0.1, 0.15) is 134 Å². The summed E-state index contributed by atoms with van der Waals surface area (Å²) in [6.07, 6.45) is -56.0. The predicted molar refractivity (Wildman–Crippen MR) is 238 cm³/mol. The highest BCUT2D eigenvalue weighted by molar-refractivity contribution is 5.76. The van der Waals surface area contributed by atoms with Gasteiger partial charge in [0, 0.05) is 20.3 Å². The predicted octanol–water partition coefficient (Wildman–Crippen LogP) is -13.6. The van der Waals surface area contributed by atoms with E-state index in [9.17, 15) is 111 Å². The zero-order valence-electron chi connectivity index (χ0n) is 41.8. The molecule has 6 saturated heterocycles. The van der Waals surface area contributed by atoms with E-state index in [1.54, 1.807) is 0 Å². The molecular formula is C43H72N2O33. The van der Waals surface area contributed by atoms with Crippen LogP contribution in [-0.4, -0.2) is 338 Å². The first-order chi connectivity index (χ1) is 36.6. The molecule has 0 aromatic heterocycles. The van der Waals surface area contributed by atoms with Crippen molar-refractivity contribution in [1.82, 2.24) is 10.6 Å². The SMILES string of the molecule is CC(=O)NC1C(OC2C(O)C(CO)OC(OC3C(CO)OC(O)C(O)C3OC3OC(C)C(O)C(O)C3O)C2O)OC(CO)C(OC2OC(COC3(C(=O)O)CC(O)C(NC(C)=O)C(C(O)C(O)CO)O3)C(O)C(O)C2O)C1O. The molecule has 35 heteroatoms. The summed E-state index contributed by atoms with van der Waals surface area (Å²) in [5, 5.41) is 208. The number of amides is 2. The topological polar surface area (TPSA) is 561 Å². The van der Waals surface area contributed by atoms with E-state index < -0.39 is 247 Å². The van der Waals surface area contributed by atoms with Gasteiger partial charge in [-0.05, 0) is 6.92 Å². The second kappa shape index (κ2) is 27.1. The summed E-state index contributed by atoms with van der Waals surface area (Å²) in [4.78, 5) is 37.4. The third-order valence-corrected chi connectivity index (χ3v) is 14.2. The number of rotatable bonds is 20. The maximum absolute atomic E-state index is 12.8. The fourth-order valence-corrected chi connectivity index (χ4v) is 9.85. The molecule has 2 amide bonds. The number of ether oxygens (including phenoxy) is 11. The standard InChI is InChI=1S/C43H72N2O33/c1-10-21(54)26(59)28(61)39(69-10)77-36-30(63)37(65)70-17(8-49)33(36)75-41-31(64)35(24(57)15(6-47)71-41)76-38-20(45-12(3)51)25(58)32(16(7-48)72-38)74-40-29(62)27(60)23(56)18(73-40)9-68-43(42(66)67)4-13(52)19(44-11(2)50)34(78-43)22(55)14(53)5-46/h10,13-41,46-49,52-65H,4-9H2,1-3H3,(H,44,50)(H,45,51)(H,66,67). The molecule has 31 atom stereocenters. The monoisotopic (exact) mass is 1140 g/mol. The Balaban J connectivity index is 1.20. The first-order valence-corrected chi connectivity index (χ1v) is 24.6. The van der Waals surface area contributed by atoms with Crippen molar-refractivity contribution in [2.75, 3.05) is 33.0 Å². The van der Waals surface area contributed by atoms with Crippen LogP contribution >= 0.6 is 0 Å². The van der Waals surface area contributed by atoms with Crippen LogP contribution in [0, 0.1) is 0 Å². The Labute approximate surface area is 441 Å². The summed E-state index contributed by atoms with van der Waals surface area (Å²) in [6, 6.07) is -3.45. The van der Waals surface area contributed by atoms with Gasteiger partial charge in [0.2, 0.25) is 11.8 Å². The maximum atomic E-state index is 12.8. The lowest BCUT2D eigenvalue weighted by Gasteiger charge is -2.50. The molecule has 0 bridgehead atoms. The van der Waals surface area contributed by atoms with Crippen molar-refractivity contribution in [3.8, 4) is 0 Å². The summed E-state index contributed by atoms with van der Waals surface area (Å²) in [5.74, 6) is -6.65. The first-order valence-electron chi connectivity index (χ1n) is 24.6. The molecule has 0 aromatic carbocycles. The Hall–Kier alpha value is -2.75. The van der Waals surface area contributed by atoms with Crippen molar-refractivity contribution < 1.29 is 164 Å². The molecule has 6 aliphatic rings. The lowest BCUT2D eigenvalue weighted by Crippen LogP contribution is -2.70. The third kappa shape index (κ3) is 13.7. The first kappa shape index (κ1) is 64.4. The zero-order valence-corrected chi connectivity index (χ0v) is 41.8. The van der Waals surface area contributed by atoms with Crippen LogP contribution in [0.1, 0.15) is 27.2 Å². The van der Waals surface area contributed by atoms with E-state index in [-0.39, 0.29) is 0 Å². The quantitative estimate of drug-likeness (QED) is 0.0538. The minimum atomic E-state index is -2.99. The van der Waals surface area contributed by atoms with Gasteiger partial charge in [0.25, 0.3) is 5.79 Å². The molecule has 452 valence electrons. The van der Waals surface area contributed by atoms with Crippen LogP contribution in [0.3, 0.4) is 0 Å². The number of aliphatic carboxylic acids is 1. The van der Waals surface area contributed by atoms with E-state index in [0.717, 1.165) is 13.8 Å². The summed E-state index contributed by atoms with van der Waals surface area (Å²) in [6.45, 7) is -2.10. The third-order valence-electron chi connectivity index (χ3n) is 14.2. The van der Waals surface area contributed by atoms with Gasteiger partial charge in [0.05, 0.1) is 51.3 Å². The molecule has 35 nitrogen and oxygen atoms in total. The van der Waals surface area contributed by atoms with Crippen LogP contribution in [0.4, 0.5) is 0 Å². The molecule has 6 rings (SSSR count). The van der Waals surface area contributed by atoms with Crippen molar-refractivity contribution in [2.45, 2.75) is 217 Å². The number of aliphatic hydroxyl groups excluding tert-OH is 18. The summed E-state index contributed by atoms with van der Waals surface area (Å²) < 4.78 is 62.5. The van der Waals surface area contributed by atoms with E-state index in [0.29, 0.717) is 0 Å². The molecule has 6 fully saturated rings. The van der Waals surface area contributed by atoms with E-state index in [1.165, 1.54) is 6.92 Å². The number of carboxylic acids is 1. The zero-order chi connectivity index (χ0) is 58.0. The summed E-state index contributed by atoms with van der Waals surface area (Å²) in [7, 11) is 0. The Kier molecular flexibility index (Phi) is 22.4. The number of carbonyl (C=O) groups excluding carboxylic acids is 2. The number of carboxylic acid groups (broad SMARTS) is 1. The van der Waals surface area contributed by atoms with Crippen LogP contribution in [0.2, 0.25) is 0 Å². The molecule has 21 N–H and O–H groups in total. The Bertz CT molecular complexity index is 1950. The highest BCUT2D eigenvalue weighted by atomic mass is 16.8. The molecule has 6 heterocycles. The summed E-state index contributed by atoms with van der Waals surface area (Å²) in [5.41, 5.74) is 0. The lowest BCUT2D eigenvalue weighted by molar-refractivity contribution is -0.392. The number of hydrogen-bond acceptors (Lipinski definition) is 32. The normalized spacial score (nSPS) is 48.1. The molecule has 6 aliphatic heterocycles. The van der Waals surface area contributed by atoms with E-state index in [4.69, 9.17) is 52.1 Å². The fourth-order valence-electron chi connectivity index (χ4n) is 9.85. The molecule has 78 heavy (non-hydrogen) atoms. The second-order valence-electron chi connectivity index (χ2n) is 19.7. The van der Waals surface area contributed by atoms with Gasteiger partial charge in [-0.3, -0.25) is 9.59 Å². The van der Waals surface area contributed by atoms with Crippen molar-refractivity contribution in [2.24, 2.45) is 0 Å². The number of carbonyl (C=O) groups is 3. The molecule has 31 unspecified atom stereocenters.